The van der Waals surface area contributed by atoms with Crippen LogP contribution in [0.1, 0.15) is 75.7 Å². The molecule has 3 heteroatoms. The minimum absolute atomic E-state index is 0.00282. The summed E-state index contributed by atoms with van der Waals surface area (Å²) in [5.41, 5.74) is 19.5. The zero-order chi connectivity index (χ0) is 34.6. The van der Waals surface area contributed by atoms with Gasteiger partial charge in [0.2, 0.25) is 0 Å². The van der Waals surface area contributed by atoms with Crippen molar-refractivity contribution < 1.29 is 0 Å². The summed E-state index contributed by atoms with van der Waals surface area (Å²) in [5, 5.41) is 2.61. The quantitative estimate of drug-likeness (QED) is 0.161. The Kier molecular flexibility index (Phi) is 8.48. The second kappa shape index (κ2) is 12.8. The third kappa shape index (κ3) is 5.19. The Morgan fingerprint density at radius 3 is 1.45 bits per heavy atom. The van der Waals surface area contributed by atoms with Crippen LogP contribution in [0.25, 0.3) is 33.2 Å². The molecule has 2 aromatic heterocycles. The highest BCUT2D eigenvalue weighted by Crippen LogP contribution is 2.47. The molecule has 2 heterocycles. The molecule has 0 radical (unpaired) electrons. The lowest BCUT2D eigenvalue weighted by Crippen LogP contribution is -2.22. The minimum Gasteiger partial charge on any atom is -0.372 e. The second-order valence-electron chi connectivity index (χ2n) is 13.8. The van der Waals surface area contributed by atoms with Crippen LogP contribution < -0.4 is 4.90 Å². The molecule has 0 amide bonds. The highest BCUT2D eigenvalue weighted by atomic mass is 15.1. The van der Waals surface area contributed by atoms with Crippen LogP contribution in [-0.2, 0) is 0 Å². The topological polar surface area (TPSA) is 13.1 Å². The Balaban J connectivity index is 1.64. The summed E-state index contributed by atoms with van der Waals surface area (Å²) in [6, 6.07) is 38.6. The molecule has 0 aliphatic heterocycles. The monoisotopic (exact) mass is 643 g/mol. The zero-order valence-electron chi connectivity index (χ0n) is 30.6. The van der Waals surface area contributed by atoms with E-state index in [2.05, 4.69) is 179 Å². The van der Waals surface area contributed by atoms with Gasteiger partial charge in [-0.15, -0.1) is 0 Å². The molecule has 0 unspecified atom stereocenters. The molecule has 49 heavy (non-hydrogen) atoms. The molecule has 0 aliphatic carbocycles. The van der Waals surface area contributed by atoms with Crippen molar-refractivity contribution in [2.24, 2.45) is 0 Å². The maximum atomic E-state index is 2.52. The average Bonchev–Trinajstić information content (AvgIpc) is 3.55. The van der Waals surface area contributed by atoms with E-state index in [0.717, 1.165) is 13.1 Å². The molecule has 0 atom stereocenters. The van der Waals surface area contributed by atoms with Gasteiger partial charge in [-0.25, -0.2) is 0 Å². The van der Waals surface area contributed by atoms with Crippen LogP contribution in [0.3, 0.4) is 0 Å². The van der Waals surface area contributed by atoms with Crippen molar-refractivity contribution in [2.45, 2.75) is 68.2 Å². The van der Waals surface area contributed by atoms with E-state index in [1.165, 1.54) is 94.8 Å². The largest absolute Gasteiger partial charge is 0.372 e. The molecule has 3 nitrogen and oxygen atoms in total. The van der Waals surface area contributed by atoms with Gasteiger partial charge in [0.25, 0.3) is 0 Å². The number of nitrogens with zero attached hydrogens (tertiary/aromatic N) is 3. The lowest BCUT2D eigenvalue weighted by atomic mass is 9.80. The summed E-state index contributed by atoms with van der Waals surface area (Å²) in [6.07, 6.45) is 0. The maximum Gasteiger partial charge on any atom is 0.0534 e. The molecule has 5 aromatic carbocycles. The number of aromatic nitrogens is 2. The summed E-state index contributed by atoms with van der Waals surface area (Å²) in [4.78, 5) is 2.47. The molecule has 0 saturated heterocycles. The fourth-order valence-corrected chi connectivity index (χ4v) is 8.27. The fourth-order valence-electron chi connectivity index (χ4n) is 8.27. The highest BCUT2D eigenvalue weighted by Gasteiger charge is 2.32. The molecule has 0 N–H and O–H groups in total. The Hall–Kier alpha value is -5.02. The number of para-hydroxylation sites is 2. The van der Waals surface area contributed by atoms with E-state index in [4.69, 9.17) is 0 Å². The van der Waals surface area contributed by atoms with Crippen molar-refractivity contribution in [3.8, 4) is 11.4 Å². The van der Waals surface area contributed by atoms with Gasteiger partial charge in [0.15, 0.2) is 0 Å². The van der Waals surface area contributed by atoms with Gasteiger partial charge < -0.3 is 14.0 Å². The summed E-state index contributed by atoms with van der Waals surface area (Å²) in [7, 11) is 0. The number of rotatable bonds is 8. The first-order valence-corrected chi connectivity index (χ1v) is 17.9. The third-order valence-electron chi connectivity index (χ3n) is 11.2. The first kappa shape index (κ1) is 32.5. The van der Waals surface area contributed by atoms with Crippen molar-refractivity contribution in [1.82, 2.24) is 9.13 Å². The predicted molar refractivity (Wildman–Crippen MR) is 211 cm³/mol. The first-order chi connectivity index (χ1) is 23.7. The van der Waals surface area contributed by atoms with E-state index in [1.807, 2.05) is 0 Å². The van der Waals surface area contributed by atoms with Crippen LogP contribution >= 0.6 is 0 Å². The van der Waals surface area contributed by atoms with Crippen LogP contribution in [0.15, 0.2) is 103 Å². The van der Waals surface area contributed by atoms with E-state index in [1.54, 1.807) is 0 Å². The summed E-state index contributed by atoms with van der Waals surface area (Å²) in [6.45, 7) is 22.4. The Labute approximate surface area is 292 Å². The maximum absolute atomic E-state index is 2.52. The second-order valence-corrected chi connectivity index (χ2v) is 13.8. The molecular formula is C46H49N3. The molecule has 0 saturated carbocycles. The number of aryl methyl sites for hydroxylation is 3. The normalized spacial score (nSPS) is 11.7. The van der Waals surface area contributed by atoms with E-state index < -0.39 is 0 Å². The number of hydrogen-bond acceptors (Lipinski definition) is 1. The smallest absolute Gasteiger partial charge is 0.0534 e. The summed E-state index contributed by atoms with van der Waals surface area (Å²) < 4.78 is 5.03. The minimum atomic E-state index is 0.00282. The third-order valence-corrected chi connectivity index (χ3v) is 11.2. The van der Waals surface area contributed by atoms with Gasteiger partial charge in [-0.1, -0.05) is 66.7 Å². The highest BCUT2D eigenvalue weighted by molar-refractivity contribution is 5.94. The van der Waals surface area contributed by atoms with Crippen LogP contribution in [-0.4, -0.2) is 22.2 Å². The summed E-state index contributed by atoms with van der Waals surface area (Å²) >= 11 is 0. The SMILES string of the molecule is CCN(CC)c1ccc(C)c(C(c2c(C)n(-c3cccc(C)c3C)c3ccccc23)c2c(C)n(-c3cccc(C)c3C)c3ccccc23)c1. The van der Waals surface area contributed by atoms with Gasteiger partial charge >= 0.3 is 0 Å². The molecule has 0 fully saturated rings. The van der Waals surface area contributed by atoms with Crippen molar-refractivity contribution in [3.05, 3.63) is 159 Å². The lowest BCUT2D eigenvalue weighted by Gasteiger charge is -2.27. The van der Waals surface area contributed by atoms with E-state index in [9.17, 15) is 0 Å². The van der Waals surface area contributed by atoms with Gasteiger partial charge in [-0.3, -0.25) is 0 Å². The number of fused-ring (bicyclic) bond motifs is 2. The van der Waals surface area contributed by atoms with Crippen molar-refractivity contribution in [1.29, 1.82) is 0 Å². The molecule has 7 rings (SSSR count). The van der Waals surface area contributed by atoms with E-state index >= 15 is 0 Å². The molecule has 7 aromatic rings. The van der Waals surface area contributed by atoms with Crippen molar-refractivity contribution >= 4 is 27.5 Å². The standard InChI is InChI=1S/C46H49N3/c1-10-47(11-2)36-27-26-31(5)39(28-36)46(44-34(8)48(42-22-14-12-20-37(42)44)40-24-16-18-29(3)32(40)6)45-35(9)49(43-23-15-13-21-38(43)45)41-25-17-19-30(4)33(41)7/h12-28,46H,10-11H2,1-9H3. The fraction of sp³-hybridized carbons (Fsp3) is 0.261. The van der Waals surface area contributed by atoms with E-state index in [0.29, 0.717) is 0 Å². The van der Waals surface area contributed by atoms with Gasteiger partial charge in [0.05, 0.1) is 11.0 Å². The molecule has 0 bridgehead atoms. The molecule has 0 spiro atoms. The number of hydrogen-bond donors (Lipinski definition) is 0. The number of anilines is 1. The Bertz CT molecular complexity index is 2210. The number of benzene rings is 5. The van der Waals surface area contributed by atoms with Gasteiger partial charge in [-0.2, -0.15) is 0 Å². The Morgan fingerprint density at radius 1 is 0.510 bits per heavy atom. The average molecular weight is 644 g/mol. The lowest BCUT2D eigenvalue weighted by molar-refractivity contribution is 0.858. The van der Waals surface area contributed by atoms with E-state index in [-0.39, 0.29) is 5.92 Å². The molecule has 0 aliphatic rings. The van der Waals surface area contributed by atoms with Crippen LogP contribution in [0, 0.1) is 48.5 Å². The first-order valence-electron chi connectivity index (χ1n) is 17.9. The van der Waals surface area contributed by atoms with Crippen LogP contribution in [0.4, 0.5) is 5.69 Å². The Morgan fingerprint density at radius 2 is 0.980 bits per heavy atom. The van der Waals surface area contributed by atoms with Crippen molar-refractivity contribution in [2.75, 3.05) is 18.0 Å². The molecular weight excluding hydrogens is 595 g/mol. The van der Waals surface area contributed by atoms with Crippen LogP contribution in [0.5, 0.6) is 0 Å². The summed E-state index contributed by atoms with van der Waals surface area (Å²) in [5.74, 6) is 0.00282. The molecule has 248 valence electrons. The predicted octanol–water partition coefficient (Wildman–Crippen LogP) is 11.8. The van der Waals surface area contributed by atoms with Gasteiger partial charge in [0, 0.05) is 58.2 Å². The van der Waals surface area contributed by atoms with Gasteiger partial charge in [-0.05, 0) is 143 Å². The zero-order valence-corrected chi connectivity index (χ0v) is 30.6. The van der Waals surface area contributed by atoms with Gasteiger partial charge in [0.1, 0.15) is 0 Å². The van der Waals surface area contributed by atoms with Crippen LogP contribution in [0.2, 0.25) is 0 Å². The van der Waals surface area contributed by atoms with Crippen molar-refractivity contribution in [3.63, 3.8) is 0 Å².